The number of rotatable bonds is 8. The van der Waals surface area contributed by atoms with E-state index in [1.54, 1.807) is 4.90 Å². The lowest BCUT2D eigenvalue weighted by Crippen LogP contribution is -2.15. The van der Waals surface area contributed by atoms with Gasteiger partial charge in [-0.25, -0.2) is 9.59 Å². The fourth-order valence-electron chi connectivity index (χ4n) is 1.44. The van der Waals surface area contributed by atoms with E-state index in [9.17, 15) is 19.2 Å². The second kappa shape index (κ2) is 13.9. The molecule has 0 aromatic rings. The molecule has 2 fully saturated rings. The maximum absolute atomic E-state index is 11.2. The summed E-state index contributed by atoms with van der Waals surface area (Å²) in [4.78, 5) is 43.9. The van der Waals surface area contributed by atoms with E-state index in [1.807, 2.05) is 6.92 Å². The van der Waals surface area contributed by atoms with Gasteiger partial charge in [-0.2, -0.15) is 0 Å². The molecular formula is C18H27ClN2O6. The molecule has 0 aliphatic carbocycles. The Morgan fingerprint density at radius 1 is 1.07 bits per heavy atom. The van der Waals surface area contributed by atoms with Gasteiger partial charge in [0.2, 0.25) is 11.1 Å². The van der Waals surface area contributed by atoms with Gasteiger partial charge in [0, 0.05) is 37.3 Å². The average Bonchev–Trinajstić information content (AvgIpc) is 3.54. The van der Waals surface area contributed by atoms with Gasteiger partial charge >= 0.3 is 11.9 Å². The van der Waals surface area contributed by atoms with Crippen molar-refractivity contribution < 1.29 is 28.7 Å². The number of nitrogens with one attached hydrogen (secondary N) is 1. The van der Waals surface area contributed by atoms with Crippen molar-refractivity contribution in [3.05, 3.63) is 25.3 Å². The van der Waals surface area contributed by atoms with E-state index in [1.165, 1.54) is 6.54 Å². The van der Waals surface area contributed by atoms with Crippen LogP contribution in [0.25, 0.3) is 0 Å². The molecule has 1 amide bonds. The minimum absolute atomic E-state index is 0.0210. The summed E-state index contributed by atoms with van der Waals surface area (Å²) in [5.41, 5.74) is 0. The Kier molecular flexibility index (Phi) is 12.8. The predicted octanol–water partition coefficient (Wildman–Crippen LogP) is 1.19. The van der Waals surface area contributed by atoms with Gasteiger partial charge in [-0.1, -0.05) is 13.2 Å². The van der Waals surface area contributed by atoms with Crippen LogP contribution in [-0.2, 0) is 28.7 Å². The highest BCUT2D eigenvalue weighted by Gasteiger charge is 2.33. The lowest BCUT2D eigenvalue weighted by atomic mass is 10.4. The molecule has 27 heavy (non-hydrogen) atoms. The van der Waals surface area contributed by atoms with Gasteiger partial charge in [0.1, 0.15) is 6.61 Å². The summed E-state index contributed by atoms with van der Waals surface area (Å²) < 4.78 is 9.11. The molecule has 0 aromatic heterocycles. The number of hydrogen-bond donors (Lipinski definition) is 1. The molecule has 0 bridgehead atoms. The first kappa shape index (κ1) is 24.8. The Labute approximate surface area is 164 Å². The van der Waals surface area contributed by atoms with E-state index in [0.29, 0.717) is 6.04 Å². The van der Waals surface area contributed by atoms with E-state index in [4.69, 9.17) is 11.6 Å². The molecule has 2 heterocycles. The fraction of sp³-hybridized carbons (Fsp3) is 0.556. The molecule has 2 unspecified atom stereocenters. The molecule has 0 saturated carbocycles. The van der Waals surface area contributed by atoms with Crippen molar-refractivity contribution in [3.63, 3.8) is 0 Å². The molecule has 0 aromatic carbocycles. The Bertz CT molecular complexity index is 548. The third kappa shape index (κ3) is 15.8. The topological polar surface area (TPSA) is 112 Å². The summed E-state index contributed by atoms with van der Waals surface area (Å²) in [6, 6.07) is 1.20. The normalized spacial score (nSPS) is 18.4. The van der Waals surface area contributed by atoms with Crippen molar-refractivity contribution in [2.45, 2.75) is 38.8 Å². The molecule has 0 radical (unpaired) electrons. The van der Waals surface area contributed by atoms with Crippen LogP contribution in [0.2, 0.25) is 0 Å². The van der Waals surface area contributed by atoms with E-state index >= 15 is 0 Å². The van der Waals surface area contributed by atoms with Crippen LogP contribution >= 0.6 is 11.6 Å². The number of halogens is 1. The molecule has 0 spiro atoms. The zero-order valence-corrected chi connectivity index (χ0v) is 16.5. The SMILES string of the molecule is C=CC(=O)OCCC(=O)Cl.C=CC(=O)OCCC(=O)N1CC1C.CC1CN1. The Morgan fingerprint density at radius 3 is 1.78 bits per heavy atom. The van der Waals surface area contributed by atoms with Crippen LogP contribution in [0.5, 0.6) is 0 Å². The van der Waals surface area contributed by atoms with Crippen LogP contribution in [0.15, 0.2) is 25.3 Å². The number of ether oxygens (including phenoxy) is 2. The van der Waals surface area contributed by atoms with Crippen LogP contribution in [0.1, 0.15) is 26.7 Å². The summed E-state index contributed by atoms with van der Waals surface area (Å²) >= 11 is 4.95. The molecule has 152 valence electrons. The number of carbonyl (C=O) groups excluding carboxylic acids is 4. The van der Waals surface area contributed by atoms with E-state index < -0.39 is 17.2 Å². The van der Waals surface area contributed by atoms with Crippen LogP contribution in [0, 0.1) is 0 Å². The van der Waals surface area contributed by atoms with Crippen LogP contribution in [-0.4, -0.2) is 66.4 Å². The van der Waals surface area contributed by atoms with Crippen molar-refractivity contribution in [3.8, 4) is 0 Å². The maximum Gasteiger partial charge on any atom is 0.330 e. The van der Waals surface area contributed by atoms with Crippen molar-refractivity contribution in [1.82, 2.24) is 10.2 Å². The van der Waals surface area contributed by atoms with E-state index in [-0.39, 0.29) is 32.0 Å². The summed E-state index contributed by atoms with van der Waals surface area (Å²) in [5, 5.41) is 2.58. The molecule has 2 rings (SSSR count). The molecule has 2 atom stereocenters. The number of esters is 2. The van der Waals surface area contributed by atoms with Crippen LogP contribution in [0.3, 0.4) is 0 Å². The van der Waals surface area contributed by atoms with Gasteiger partial charge in [0.05, 0.1) is 19.4 Å². The zero-order valence-electron chi connectivity index (χ0n) is 15.7. The molecule has 2 aliphatic rings. The van der Waals surface area contributed by atoms with Crippen LogP contribution < -0.4 is 5.32 Å². The monoisotopic (exact) mass is 402 g/mol. The number of carbonyl (C=O) groups is 4. The first-order valence-corrected chi connectivity index (χ1v) is 8.88. The lowest BCUT2D eigenvalue weighted by Gasteiger charge is -2.02. The van der Waals surface area contributed by atoms with E-state index in [0.717, 1.165) is 24.7 Å². The van der Waals surface area contributed by atoms with Crippen molar-refractivity contribution in [2.24, 2.45) is 0 Å². The first-order valence-electron chi connectivity index (χ1n) is 8.50. The predicted molar refractivity (Wildman–Crippen MR) is 101 cm³/mol. The number of nitrogens with zero attached hydrogens (tertiary/aromatic N) is 1. The van der Waals surface area contributed by atoms with Gasteiger partial charge < -0.3 is 19.7 Å². The lowest BCUT2D eigenvalue weighted by molar-refractivity contribution is -0.140. The van der Waals surface area contributed by atoms with Crippen molar-refractivity contribution in [1.29, 1.82) is 0 Å². The maximum atomic E-state index is 11.2. The number of amides is 1. The first-order chi connectivity index (χ1) is 12.7. The fourth-order valence-corrected chi connectivity index (χ4v) is 1.51. The Balaban J connectivity index is 0.000000424. The van der Waals surface area contributed by atoms with Crippen molar-refractivity contribution in [2.75, 3.05) is 26.3 Å². The molecule has 2 saturated heterocycles. The third-order valence-corrected chi connectivity index (χ3v) is 3.42. The smallest absolute Gasteiger partial charge is 0.330 e. The average molecular weight is 403 g/mol. The summed E-state index contributed by atoms with van der Waals surface area (Å²) in [6.45, 7) is 12.8. The summed E-state index contributed by atoms with van der Waals surface area (Å²) in [6.07, 6.45) is 2.42. The van der Waals surface area contributed by atoms with Gasteiger partial charge in [-0.15, -0.1) is 0 Å². The molecule has 9 heteroatoms. The summed E-state index contributed by atoms with van der Waals surface area (Å²) in [7, 11) is 0. The standard InChI is InChI=1S/C9H13NO3.C6H7ClO3.C3H7N/c1-3-9(12)13-5-4-8(11)10-6-7(10)2;1-2-6(9)10-4-3-5(7)8;1-3-2-4-3/h3,7H,1,4-6H2,2H3;2H,1,3-4H2;3-4H,2H2,1H3. The largest absolute Gasteiger partial charge is 0.462 e. The molecule has 2 aliphatic heterocycles. The number of hydrogen-bond acceptors (Lipinski definition) is 7. The highest BCUT2D eigenvalue weighted by molar-refractivity contribution is 6.63. The zero-order chi connectivity index (χ0) is 20.8. The quantitative estimate of drug-likeness (QED) is 0.281. The van der Waals surface area contributed by atoms with Gasteiger partial charge in [0.15, 0.2) is 0 Å². The highest BCUT2D eigenvalue weighted by Crippen LogP contribution is 2.16. The highest BCUT2D eigenvalue weighted by atomic mass is 35.5. The minimum atomic E-state index is -0.544. The second-order valence-corrected chi connectivity index (χ2v) is 6.22. The summed E-state index contributed by atoms with van der Waals surface area (Å²) in [5.74, 6) is -0.978. The van der Waals surface area contributed by atoms with Gasteiger partial charge in [0.25, 0.3) is 0 Å². The Hall–Kier alpha value is -2.19. The van der Waals surface area contributed by atoms with Gasteiger partial charge in [-0.05, 0) is 25.4 Å². The molecule has 8 nitrogen and oxygen atoms in total. The molecular weight excluding hydrogens is 376 g/mol. The third-order valence-electron chi connectivity index (χ3n) is 3.23. The second-order valence-electron chi connectivity index (χ2n) is 5.80. The van der Waals surface area contributed by atoms with Crippen molar-refractivity contribution >= 4 is 34.7 Å². The van der Waals surface area contributed by atoms with Gasteiger partial charge in [-0.3, -0.25) is 9.59 Å². The Morgan fingerprint density at radius 2 is 1.48 bits per heavy atom. The minimum Gasteiger partial charge on any atom is -0.462 e. The van der Waals surface area contributed by atoms with Crippen LogP contribution in [0.4, 0.5) is 0 Å². The van der Waals surface area contributed by atoms with E-state index in [2.05, 4.69) is 34.9 Å². The molecule has 1 N–H and O–H groups in total.